The SMILES string of the molecule is O=C1CCCN1C1(Cl)C=CC(c2ccccc2)=C(CO)C1. The fourth-order valence-corrected chi connectivity index (χ4v) is 3.47. The van der Waals surface area contributed by atoms with Crippen molar-refractivity contribution in [1.82, 2.24) is 4.90 Å². The highest BCUT2D eigenvalue weighted by atomic mass is 35.5. The standard InChI is InChI=1S/C17H18ClNO2/c18-17(19-10-4-7-16(19)21)9-8-15(14(11-17)12-20)13-5-2-1-3-6-13/h1-3,5-6,8-9,20H,4,7,10-12H2. The highest BCUT2D eigenvalue weighted by Crippen LogP contribution is 2.40. The first-order valence-corrected chi connectivity index (χ1v) is 7.59. The summed E-state index contributed by atoms with van der Waals surface area (Å²) in [4.78, 5) is 12.8. The minimum absolute atomic E-state index is 0.0505. The lowest BCUT2D eigenvalue weighted by Gasteiger charge is -2.37. The second-order valence-corrected chi connectivity index (χ2v) is 6.17. The van der Waals surface area contributed by atoms with Crippen LogP contribution in [0.15, 0.2) is 48.1 Å². The van der Waals surface area contributed by atoms with E-state index in [9.17, 15) is 9.90 Å². The second-order valence-electron chi connectivity index (χ2n) is 5.52. The Morgan fingerprint density at radius 3 is 2.67 bits per heavy atom. The molecule has 2 aliphatic rings. The summed E-state index contributed by atoms with van der Waals surface area (Å²) in [5, 5.41) is 9.71. The van der Waals surface area contributed by atoms with Crippen LogP contribution < -0.4 is 0 Å². The van der Waals surface area contributed by atoms with Gasteiger partial charge in [0.05, 0.1) is 6.61 Å². The van der Waals surface area contributed by atoms with E-state index in [1.807, 2.05) is 42.5 Å². The van der Waals surface area contributed by atoms with Crippen LogP contribution in [0.4, 0.5) is 0 Å². The molecule has 0 spiro atoms. The van der Waals surface area contributed by atoms with Gasteiger partial charge in [-0.05, 0) is 29.2 Å². The lowest BCUT2D eigenvalue weighted by Crippen LogP contribution is -2.45. The summed E-state index contributed by atoms with van der Waals surface area (Å²) in [6.45, 7) is 0.636. The molecule has 0 aromatic heterocycles. The van der Waals surface area contributed by atoms with Gasteiger partial charge in [-0.2, -0.15) is 0 Å². The third-order valence-electron chi connectivity index (χ3n) is 4.15. The molecule has 1 unspecified atom stereocenters. The first-order valence-electron chi connectivity index (χ1n) is 7.21. The number of amides is 1. The zero-order valence-corrected chi connectivity index (χ0v) is 12.5. The van der Waals surface area contributed by atoms with Crippen molar-refractivity contribution in [2.45, 2.75) is 24.3 Å². The van der Waals surface area contributed by atoms with E-state index in [2.05, 4.69) is 0 Å². The minimum Gasteiger partial charge on any atom is -0.392 e. The molecule has 0 saturated carbocycles. The van der Waals surface area contributed by atoms with Crippen molar-refractivity contribution in [1.29, 1.82) is 0 Å². The molecule has 1 N–H and O–H groups in total. The summed E-state index contributed by atoms with van der Waals surface area (Å²) in [7, 11) is 0. The van der Waals surface area contributed by atoms with Gasteiger partial charge in [-0.1, -0.05) is 48.0 Å². The number of carbonyl (C=O) groups excluding carboxylic acids is 1. The van der Waals surface area contributed by atoms with Crippen LogP contribution in [0.25, 0.3) is 5.57 Å². The lowest BCUT2D eigenvalue weighted by atomic mass is 9.89. The van der Waals surface area contributed by atoms with Crippen LogP contribution in [0, 0.1) is 0 Å². The van der Waals surface area contributed by atoms with Crippen molar-refractivity contribution in [2.75, 3.05) is 13.2 Å². The average molecular weight is 304 g/mol. The molecule has 110 valence electrons. The van der Waals surface area contributed by atoms with E-state index in [4.69, 9.17) is 11.6 Å². The summed E-state index contributed by atoms with van der Waals surface area (Å²) in [5.74, 6) is 0.0927. The van der Waals surface area contributed by atoms with Crippen LogP contribution >= 0.6 is 11.6 Å². The summed E-state index contributed by atoms with van der Waals surface area (Å²) in [5.41, 5.74) is 2.93. The number of aliphatic hydroxyl groups is 1. The first kappa shape index (κ1) is 14.4. The van der Waals surface area contributed by atoms with Crippen LogP contribution in [0.5, 0.6) is 0 Å². The van der Waals surface area contributed by atoms with Crippen LogP contribution in [0.2, 0.25) is 0 Å². The predicted molar refractivity (Wildman–Crippen MR) is 83.7 cm³/mol. The Hall–Kier alpha value is -1.58. The van der Waals surface area contributed by atoms with Crippen molar-refractivity contribution in [3.8, 4) is 0 Å². The summed E-state index contributed by atoms with van der Waals surface area (Å²) < 4.78 is 0. The van der Waals surface area contributed by atoms with Gasteiger partial charge in [-0.25, -0.2) is 0 Å². The molecule has 1 amide bonds. The van der Waals surface area contributed by atoms with Crippen molar-refractivity contribution in [3.63, 3.8) is 0 Å². The Kier molecular flexibility index (Phi) is 3.87. The molecule has 21 heavy (non-hydrogen) atoms. The van der Waals surface area contributed by atoms with Gasteiger partial charge in [0.25, 0.3) is 0 Å². The van der Waals surface area contributed by atoms with Gasteiger partial charge in [-0.3, -0.25) is 4.79 Å². The van der Waals surface area contributed by atoms with Crippen LogP contribution in [0.3, 0.4) is 0 Å². The molecule has 1 heterocycles. The van der Waals surface area contributed by atoms with E-state index in [0.717, 1.165) is 23.1 Å². The molecule has 1 atom stereocenters. The molecular weight excluding hydrogens is 286 g/mol. The van der Waals surface area contributed by atoms with Crippen molar-refractivity contribution >= 4 is 23.1 Å². The monoisotopic (exact) mass is 303 g/mol. The number of aliphatic hydroxyl groups excluding tert-OH is 1. The number of likely N-dealkylation sites (tertiary alicyclic amines) is 1. The van der Waals surface area contributed by atoms with Crippen LogP contribution in [0.1, 0.15) is 24.8 Å². The number of alkyl halides is 1. The van der Waals surface area contributed by atoms with Gasteiger partial charge in [0.15, 0.2) is 0 Å². The number of hydrogen-bond donors (Lipinski definition) is 1. The molecule has 1 aliphatic heterocycles. The van der Waals surface area contributed by atoms with Gasteiger partial charge in [0, 0.05) is 19.4 Å². The fraction of sp³-hybridized carbons (Fsp3) is 0.353. The molecule has 1 saturated heterocycles. The normalized spacial score (nSPS) is 25.8. The summed E-state index contributed by atoms with van der Waals surface area (Å²) in [6, 6.07) is 9.93. The molecule has 1 aromatic carbocycles. The zero-order valence-electron chi connectivity index (χ0n) is 11.8. The molecule has 3 rings (SSSR count). The Bertz CT molecular complexity index is 608. The number of carbonyl (C=O) groups is 1. The molecule has 1 aromatic rings. The van der Waals surface area contributed by atoms with Gasteiger partial charge >= 0.3 is 0 Å². The second kappa shape index (κ2) is 5.66. The summed E-state index contributed by atoms with van der Waals surface area (Å²) >= 11 is 6.68. The highest BCUT2D eigenvalue weighted by Gasteiger charge is 2.40. The smallest absolute Gasteiger partial charge is 0.224 e. The van der Waals surface area contributed by atoms with E-state index >= 15 is 0 Å². The predicted octanol–water partition coefficient (Wildman–Crippen LogP) is 2.95. The number of halogens is 1. The van der Waals surface area contributed by atoms with Crippen LogP contribution in [-0.2, 0) is 4.79 Å². The van der Waals surface area contributed by atoms with E-state index in [0.29, 0.717) is 19.4 Å². The van der Waals surface area contributed by atoms with Crippen LogP contribution in [-0.4, -0.2) is 34.1 Å². The molecule has 1 aliphatic carbocycles. The third kappa shape index (κ3) is 2.63. The maximum absolute atomic E-state index is 12.0. The minimum atomic E-state index is -0.829. The number of allylic oxidation sites excluding steroid dienone is 2. The Morgan fingerprint density at radius 1 is 1.29 bits per heavy atom. The number of hydrogen-bond acceptors (Lipinski definition) is 2. The highest BCUT2D eigenvalue weighted by molar-refractivity contribution is 6.26. The van der Waals surface area contributed by atoms with Crippen molar-refractivity contribution in [3.05, 3.63) is 53.6 Å². The summed E-state index contributed by atoms with van der Waals surface area (Å²) in [6.07, 6.45) is 5.71. The molecular formula is C17H18ClNO2. The van der Waals surface area contributed by atoms with E-state index in [-0.39, 0.29) is 12.5 Å². The number of rotatable bonds is 3. The maximum Gasteiger partial charge on any atom is 0.224 e. The Balaban J connectivity index is 1.93. The Morgan fingerprint density at radius 2 is 2.05 bits per heavy atom. The number of nitrogens with zero attached hydrogens (tertiary/aromatic N) is 1. The lowest BCUT2D eigenvalue weighted by molar-refractivity contribution is -0.129. The quantitative estimate of drug-likeness (QED) is 0.689. The molecule has 0 bridgehead atoms. The molecule has 0 radical (unpaired) electrons. The van der Waals surface area contributed by atoms with Gasteiger partial charge in [-0.15, -0.1) is 0 Å². The van der Waals surface area contributed by atoms with Gasteiger partial charge < -0.3 is 10.0 Å². The first-order chi connectivity index (χ1) is 10.1. The van der Waals surface area contributed by atoms with E-state index in [1.54, 1.807) is 4.90 Å². The average Bonchev–Trinajstić information content (AvgIpc) is 2.95. The molecule has 4 heteroatoms. The van der Waals surface area contributed by atoms with E-state index in [1.165, 1.54) is 0 Å². The topological polar surface area (TPSA) is 40.5 Å². The van der Waals surface area contributed by atoms with Gasteiger partial charge in [0.1, 0.15) is 5.00 Å². The molecule has 3 nitrogen and oxygen atoms in total. The zero-order chi connectivity index (χ0) is 14.9. The Labute approximate surface area is 129 Å². The number of benzene rings is 1. The fourth-order valence-electron chi connectivity index (χ4n) is 3.07. The maximum atomic E-state index is 12.0. The van der Waals surface area contributed by atoms with Gasteiger partial charge in [0.2, 0.25) is 5.91 Å². The van der Waals surface area contributed by atoms with Crippen molar-refractivity contribution in [2.24, 2.45) is 0 Å². The third-order valence-corrected chi connectivity index (χ3v) is 4.61. The van der Waals surface area contributed by atoms with E-state index < -0.39 is 5.00 Å². The molecule has 1 fully saturated rings. The largest absolute Gasteiger partial charge is 0.392 e. The van der Waals surface area contributed by atoms with Crippen molar-refractivity contribution < 1.29 is 9.90 Å².